The Kier molecular flexibility index (Phi) is 19.8. The summed E-state index contributed by atoms with van der Waals surface area (Å²) in [5, 5.41) is 175. The lowest BCUT2D eigenvalue weighted by molar-refractivity contribution is -0.411. The van der Waals surface area contributed by atoms with Gasteiger partial charge in [-0.25, -0.2) is 0 Å². The van der Waals surface area contributed by atoms with Gasteiger partial charge in [0.1, 0.15) is 122 Å². The van der Waals surface area contributed by atoms with Crippen LogP contribution in [0.1, 0.15) is 91.9 Å². The first kappa shape index (κ1) is 65.4. The highest BCUT2D eigenvalue weighted by Crippen LogP contribution is 2.71. The summed E-state index contributed by atoms with van der Waals surface area (Å²) in [5.74, 6) is 2.76. The minimum Gasteiger partial charge on any atom is -0.394 e. The lowest BCUT2D eigenvalue weighted by Crippen LogP contribution is -2.69. The number of aliphatic hydroxyl groups is 16. The van der Waals surface area contributed by atoms with Gasteiger partial charge in [-0.2, -0.15) is 0 Å². The molecule has 85 heavy (non-hydrogen) atoms. The number of ether oxygens (including phenoxy) is 12. The van der Waals surface area contributed by atoms with Crippen molar-refractivity contribution in [2.75, 3.05) is 39.6 Å². The summed E-state index contributed by atoms with van der Waals surface area (Å²) < 4.78 is 73.6. The maximum atomic E-state index is 12.0. The van der Waals surface area contributed by atoms with Crippen LogP contribution in [0.15, 0.2) is 0 Å². The molecule has 0 radical (unpaired) electrons. The van der Waals surface area contributed by atoms with Gasteiger partial charge >= 0.3 is 0 Å². The Hall–Kier alpha value is -1.12. The molecule has 7 aliphatic heterocycles. The van der Waals surface area contributed by atoms with Crippen LogP contribution in [-0.2, 0) is 56.8 Å². The zero-order valence-electron chi connectivity index (χ0n) is 48.5. The van der Waals surface area contributed by atoms with Crippen LogP contribution in [0.4, 0.5) is 0 Å². The number of rotatable bonds is 15. The van der Waals surface area contributed by atoms with Crippen LogP contribution in [-0.4, -0.2) is 293 Å². The Morgan fingerprint density at radius 2 is 0.906 bits per heavy atom. The number of fused-ring (bicyclic) bond motifs is 7. The van der Waals surface area contributed by atoms with Gasteiger partial charge in [0.25, 0.3) is 0 Å². The standard InChI is InChI=1S/C57H94O28/c1-21-7-12-57(74-20-21)22(2)34-28(85-57)14-27-25-6-5-23-13-24(8-10-55(23,3)26(25)9-11-56(27,34)4)75-50-44(72)41(69)46(33(19-62)80-50)81-54-49(48(38(66)32(18-61)79-54)83-52-43(71)40(68)36(64)30(16-59)77-52)84-53-45(73)47(37(65)31(17-60)78-53)82-51-42(70)39(67)35(63)29(15-58)76-51/h21-54,58-73H,5-20H2,1-4H3/t21-,22+,23+,24+,25-,26+,27+,28+,29+,30+,31+,32+,33+,34+,35-,36-,37-,38-,39+,40+,41-,42+,43+,44+,45+,46+,47+,48+,49+,50-,51+,52+,53+,54+,55+,56+,57-/m1/s1. The monoisotopic (exact) mass is 1230 g/mol. The predicted octanol–water partition coefficient (Wildman–Crippen LogP) is -5.09. The summed E-state index contributed by atoms with van der Waals surface area (Å²) in [7, 11) is 0. The molecule has 0 bridgehead atoms. The van der Waals surface area contributed by atoms with Crippen molar-refractivity contribution in [2.45, 2.75) is 263 Å². The third kappa shape index (κ3) is 11.5. The van der Waals surface area contributed by atoms with E-state index in [0.29, 0.717) is 54.3 Å². The van der Waals surface area contributed by atoms with Gasteiger partial charge in [-0.1, -0.05) is 27.7 Å². The fraction of sp³-hybridized carbons (Fsp3) is 1.00. The van der Waals surface area contributed by atoms with Crippen LogP contribution in [0.5, 0.6) is 0 Å². The molecule has 4 saturated carbocycles. The Labute approximate surface area is 492 Å². The van der Waals surface area contributed by atoms with E-state index in [2.05, 4.69) is 27.7 Å². The topological polar surface area (TPSA) is 434 Å². The highest BCUT2D eigenvalue weighted by molar-refractivity contribution is 5.16. The van der Waals surface area contributed by atoms with E-state index in [1.54, 1.807) is 0 Å². The normalized spacial score (nSPS) is 57.2. The molecule has 0 aromatic rings. The van der Waals surface area contributed by atoms with Crippen molar-refractivity contribution in [3.63, 3.8) is 0 Å². The lowest BCUT2D eigenvalue weighted by Gasteiger charge is -2.61. The molecule has 37 atom stereocenters. The second-order valence-corrected chi connectivity index (χ2v) is 27.1. The first-order valence-electron chi connectivity index (χ1n) is 30.9. The Morgan fingerprint density at radius 1 is 0.412 bits per heavy atom. The molecular weight excluding hydrogens is 1130 g/mol. The van der Waals surface area contributed by atoms with Crippen LogP contribution in [0, 0.1) is 52.3 Å². The van der Waals surface area contributed by atoms with E-state index in [4.69, 9.17) is 56.8 Å². The van der Waals surface area contributed by atoms with Crippen molar-refractivity contribution in [3.8, 4) is 0 Å². The molecule has 16 N–H and O–H groups in total. The molecule has 7 saturated heterocycles. The van der Waals surface area contributed by atoms with Crippen molar-refractivity contribution in [2.24, 2.45) is 52.3 Å². The van der Waals surface area contributed by atoms with Crippen molar-refractivity contribution in [1.82, 2.24) is 0 Å². The SMILES string of the molecule is C[C@@H]1CC[C@@]2(OC1)O[C@H]1C[C@H]3[C@@H]4CC[C@H]5C[C@@H](O[C@@H]6O[C@@H](CO)[C@H](O[C@@H]7O[C@@H](CO)[C@@H](O)[C@H](O[C@@H]8O[C@@H](CO)[C@@H](O)[C@H](O)[C@@H]8O)[C@@H]7O[C@@H]7O[C@@H](CO)[C@@H](O)[C@H](O[C@@H]8O[C@@H](CO)[C@@H](O)[C@H](O)[C@@H]8O)[C@@H]7O)[C@H](O)[C@@H]6O)CC[C@]5(C)[C@H]4CC[C@]3(C)[C@H]1[C@@H]2C. The Morgan fingerprint density at radius 3 is 1.49 bits per heavy atom. The molecule has 0 unspecified atom stereocenters. The molecule has 11 aliphatic rings. The molecule has 1 spiro atoms. The third-order valence-corrected chi connectivity index (χ3v) is 22.5. The zero-order chi connectivity index (χ0) is 60.9. The van der Waals surface area contributed by atoms with Gasteiger partial charge in [0, 0.05) is 12.3 Å². The summed E-state index contributed by atoms with van der Waals surface area (Å²) in [6.07, 6.45) is -37.8. The number of hydrogen-bond donors (Lipinski definition) is 16. The molecule has 4 aliphatic carbocycles. The van der Waals surface area contributed by atoms with Crippen LogP contribution < -0.4 is 0 Å². The third-order valence-electron chi connectivity index (χ3n) is 22.5. The first-order valence-corrected chi connectivity index (χ1v) is 30.9. The van der Waals surface area contributed by atoms with Gasteiger partial charge in [-0.3, -0.25) is 0 Å². The van der Waals surface area contributed by atoms with E-state index in [1.165, 1.54) is 0 Å². The van der Waals surface area contributed by atoms with E-state index in [-0.39, 0.29) is 16.9 Å². The molecule has 28 nitrogen and oxygen atoms in total. The highest BCUT2D eigenvalue weighted by Gasteiger charge is 2.70. The Bertz CT molecular complexity index is 2200. The summed E-state index contributed by atoms with van der Waals surface area (Å²) in [5.41, 5.74) is 0.199. The smallest absolute Gasteiger partial charge is 0.187 e. The van der Waals surface area contributed by atoms with E-state index in [0.717, 1.165) is 58.0 Å². The van der Waals surface area contributed by atoms with E-state index >= 15 is 0 Å². The van der Waals surface area contributed by atoms with Gasteiger partial charge < -0.3 is 139 Å². The molecule has 11 rings (SSSR count). The van der Waals surface area contributed by atoms with Crippen LogP contribution in [0.3, 0.4) is 0 Å². The van der Waals surface area contributed by atoms with Crippen LogP contribution in [0.25, 0.3) is 0 Å². The molecular formula is C57H94O28. The lowest BCUT2D eigenvalue weighted by atomic mass is 9.44. The highest BCUT2D eigenvalue weighted by atomic mass is 16.8. The summed E-state index contributed by atoms with van der Waals surface area (Å²) in [4.78, 5) is 0. The van der Waals surface area contributed by atoms with Crippen LogP contribution in [0.2, 0.25) is 0 Å². The first-order chi connectivity index (χ1) is 40.4. The molecule has 0 aromatic carbocycles. The molecule has 490 valence electrons. The summed E-state index contributed by atoms with van der Waals surface area (Å²) in [6, 6.07) is 0. The largest absolute Gasteiger partial charge is 0.394 e. The maximum absolute atomic E-state index is 12.0. The van der Waals surface area contributed by atoms with Gasteiger partial charge in [0.2, 0.25) is 0 Å². The van der Waals surface area contributed by atoms with Crippen molar-refractivity contribution >= 4 is 0 Å². The molecule has 7 heterocycles. The van der Waals surface area contributed by atoms with Gasteiger partial charge in [-0.05, 0) is 104 Å². The minimum atomic E-state index is -2.22. The van der Waals surface area contributed by atoms with Crippen molar-refractivity contribution < 1.29 is 139 Å². The van der Waals surface area contributed by atoms with Crippen LogP contribution >= 0.6 is 0 Å². The molecule has 0 aromatic heterocycles. The molecule has 0 amide bonds. The minimum absolute atomic E-state index is 0.0367. The van der Waals surface area contributed by atoms with Gasteiger partial charge in [-0.15, -0.1) is 0 Å². The summed E-state index contributed by atoms with van der Waals surface area (Å²) >= 11 is 0. The number of aliphatic hydroxyl groups excluding tert-OH is 16. The second-order valence-electron chi connectivity index (χ2n) is 27.1. The Balaban J connectivity index is 0.793. The average molecular weight is 1230 g/mol. The molecule has 28 heteroatoms. The zero-order valence-corrected chi connectivity index (χ0v) is 48.5. The van der Waals surface area contributed by atoms with Crippen molar-refractivity contribution in [3.05, 3.63) is 0 Å². The second kappa shape index (κ2) is 25.8. The fourth-order valence-electron chi connectivity index (χ4n) is 17.6. The van der Waals surface area contributed by atoms with Crippen molar-refractivity contribution in [1.29, 1.82) is 0 Å². The van der Waals surface area contributed by atoms with Gasteiger partial charge in [0.05, 0.1) is 51.8 Å². The maximum Gasteiger partial charge on any atom is 0.187 e. The van der Waals surface area contributed by atoms with E-state index in [9.17, 15) is 81.7 Å². The quantitative estimate of drug-likeness (QED) is 0.0682. The summed E-state index contributed by atoms with van der Waals surface area (Å²) in [6.45, 7) is 5.68. The van der Waals surface area contributed by atoms with Gasteiger partial charge in [0.15, 0.2) is 37.2 Å². The van der Waals surface area contributed by atoms with E-state index < -0.39 is 198 Å². The average Bonchev–Trinajstić information content (AvgIpc) is 1.59. The predicted molar refractivity (Wildman–Crippen MR) is 281 cm³/mol. The fourth-order valence-corrected chi connectivity index (χ4v) is 17.6. The van der Waals surface area contributed by atoms with E-state index in [1.807, 2.05) is 0 Å². The molecule has 11 fully saturated rings. The number of hydrogen-bond acceptors (Lipinski definition) is 28.